The van der Waals surface area contributed by atoms with Gasteiger partial charge in [0.25, 0.3) is 0 Å². The number of amides is 1. The third-order valence-electron chi connectivity index (χ3n) is 4.69. The molecule has 8 heteroatoms. The van der Waals surface area contributed by atoms with Crippen molar-refractivity contribution in [1.82, 2.24) is 20.1 Å². The van der Waals surface area contributed by atoms with Gasteiger partial charge in [0.1, 0.15) is 11.6 Å². The summed E-state index contributed by atoms with van der Waals surface area (Å²) in [6.45, 7) is 0.620. The molecule has 1 amide bonds. The van der Waals surface area contributed by atoms with Crippen molar-refractivity contribution < 1.29 is 9.18 Å². The first-order chi connectivity index (χ1) is 13.2. The normalized spacial score (nSPS) is 14.6. The highest BCUT2D eigenvalue weighted by Crippen LogP contribution is 2.33. The van der Waals surface area contributed by atoms with Crippen LogP contribution in [-0.2, 0) is 11.2 Å². The highest BCUT2D eigenvalue weighted by Gasteiger charge is 2.23. The minimum atomic E-state index is -0.265. The lowest BCUT2D eigenvalue weighted by atomic mass is 10.2. The molecule has 1 N–H and O–H groups in total. The molecule has 0 unspecified atom stereocenters. The van der Waals surface area contributed by atoms with E-state index in [1.54, 1.807) is 23.9 Å². The van der Waals surface area contributed by atoms with Crippen molar-refractivity contribution in [2.75, 3.05) is 18.6 Å². The molecule has 0 bridgehead atoms. The van der Waals surface area contributed by atoms with E-state index >= 15 is 0 Å². The van der Waals surface area contributed by atoms with Gasteiger partial charge in [-0.2, -0.15) is 0 Å². The first-order valence-corrected chi connectivity index (χ1v) is 11.5. The fourth-order valence-electron chi connectivity index (χ4n) is 3.35. The summed E-state index contributed by atoms with van der Waals surface area (Å²) in [6, 6.07) is 6.71. The van der Waals surface area contributed by atoms with Crippen molar-refractivity contribution in [2.45, 2.75) is 54.6 Å². The molecule has 0 aliphatic heterocycles. The first-order valence-electron chi connectivity index (χ1n) is 9.30. The molecule has 1 saturated carbocycles. The summed E-state index contributed by atoms with van der Waals surface area (Å²) in [7, 11) is 0. The van der Waals surface area contributed by atoms with Gasteiger partial charge in [0.05, 0.1) is 5.75 Å². The topological polar surface area (TPSA) is 59.8 Å². The molecule has 146 valence electrons. The highest BCUT2D eigenvalue weighted by molar-refractivity contribution is 8.00. The Morgan fingerprint density at radius 2 is 2.00 bits per heavy atom. The van der Waals surface area contributed by atoms with E-state index in [2.05, 4.69) is 20.1 Å². The van der Waals surface area contributed by atoms with Gasteiger partial charge in [-0.05, 0) is 49.8 Å². The summed E-state index contributed by atoms with van der Waals surface area (Å²) in [5.41, 5.74) is 0. The molecule has 1 aromatic carbocycles. The lowest BCUT2D eigenvalue weighted by molar-refractivity contribution is -0.118. The average Bonchev–Trinajstić information content (AvgIpc) is 3.33. The van der Waals surface area contributed by atoms with Gasteiger partial charge >= 0.3 is 0 Å². The molecule has 3 rings (SSSR count). The van der Waals surface area contributed by atoms with Crippen LogP contribution in [0.5, 0.6) is 0 Å². The summed E-state index contributed by atoms with van der Waals surface area (Å²) in [5.74, 6) is 1.09. The summed E-state index contributed by atoms with van der Waals surface area (Å²) in [6.07, 6.45) is 8.65. The molecule has 0 saturated heterocycles. The maximum Gasteiger partial charge on any atom is 0.230 e. The van der Waals surface area contributed by atoms with Gasteiger partial charge in [0.2, 0.25) is 5.91 Å². The molecule has 1 aliphatic rings. The zero-order valence-corrected chi connectivity index (χ0v) is 17.1. The van der Waals surface area contributed by atoms with Gasteiger partial charge in [-0.25, -0.2) is 4.39 Å². The zero-order chi connectivity index (χ0) is 19.1. The first kappa shape index (κ1) is 20.2. The molecule has 1 fully saturated rings. The van der Waals surface area contributed by atoms with E-state index in [9.17, 15) is 9.18 Å². The van der Waals surface area contributed by atoms with E-state index in [4.69, 9.17) is 0 Å². The van der Waals surface area contributed by atoms with Crippen LogP contribution < -0.4 is 5.32 Å². The number of hydrogen-bond acceptors (Lipinski definition) is 5. The second kappa shape index (κ2) is 10.1. The van der Waals surface area contributed by atoms with E-state index in [0.29, 0.717) is 18.3 Å². The van der Waals surface area contributed by atoms with E-state index in [0.717, 1.165) is 28.7 Å². The number of nitrogens with zero attached hydrogens (tertiary/aromatic N) is 3. The van der Waals surface area contributed by atoms with Crippen molar-refractivity contribution in [1.29, 1.82) is 0 Å². The van der Waals surface area contributed by atoms with Crippen molar-refractivity contribution in [3.8, 4) is 0 Å². The van der Waals surface area contributed by atoms with Gasteiger partial charge in [-0.15, -0.1) is 22.0 Å². The number of carbonyl (C=O) groups is 1. The predicted molar refractivity (Wildman–Crippen MR) is 108 cm³/mol. The summed E-state index contributed by atoms with van der Waals surface area (Å²) < 4.78 is 15.2. The van der Waals surface area contributed by atoms with Gasteiger partial charge in [-0.1, -0.05) is 24.6 Å². The van der Waals surface area contributed by atoms with Crippen LogP contribution in [-0.4, -0.2) is 39.2 Å². The largest absolute Gasteiger partial charge is 0.355 e. The number of carbonyl (C=O) groups excluding carboxylic acids is 1. The molecule has 2 aromatic rings. The Balaban J connectivity index is 1.41. The van der Waals surface area contributed by atoms with Crippen molar-refractivity contribution in [3.05, 3.63) is 35.9 Å². The molecule has 1 aromatic heterocycles. The molecular formula is C19H25FN4OS2. The molecule has 5 nitrogen and oxygen atoms in total. The van der Waals surface area contributed by atoms with Crippen molar-refractivity contribution >= 4 is 29.4 Å². The smallest absolute Gasteiger partial charge is 0.230 e. The minimum Gasteiger partial charge on any atom is -0.355 e. The van der Waals surface area contributed by atoms with Crippen molar-refractivity contribution in [2.24, 2.45) is 0 Å². The summed E-state index contributed by atoms with van der Waals surface area (Å²) >= 11 is 3.06. The predicted octanol–water partition coefficient (Wildman–Crippen LogP) is 4.10. The number of aryl methyl sites for hydroxylation is 1. The molecule has 1 heterocycles. The number of benzene rings is 1. The van der Waals surface area contributed by atoms with E-state index in [1.807, 2.05) is 6.26 Å². The van der Waals surface area contributed by atoms with Crippen LogP contribution in [0, 0.1) is 5.82 Å². The monoisotopic (exact) mass is 408 g/mol. The highest BCUT2D eigenvalue weighted by atomic mass is 32.2. The van der Waals surface area contributed by atoms with E-state index in [-0.39, 0.29) is 11.7 Å². The molecular weight excluding hydrogens is 383 g/mol. The van der Waals surface area contributed by atoms with Gasteiger partial charge in [0, 0.05) is 23.9 Å². The third kappa shape index (κ3) is 5.72. The Kier molecular flexibility index (Phi) is 7.58. The average molecular weight is 409 g/mol. The SMILES string of the molecule is CSc1nnc(CCCNC(=O)CSc2ccc(F)cc2)n1C1CCCC1. The van der Waals surface area contributed by atoms with E-state index in [1.165, 1.54) is 49.6 Å². The second-order valence-corrected chi connectivity index (χ2v) is 8.43. The zero-order valence-electron chi connectivity index (χ0n) is 15.5. The number of aromatic nitrogens is 3. The molecule has 27 heavy (non-hydrogen) atoms. The van der Waals surface area contributed by atoms with Crippen LogP contribution in [0.1, 0.15) is 44.0 Å². The maximum atomic E-state index is 12.9. The maximum absolute atomic E-state index is 12.9. The Labute approximate surface area is 167 Å². The second-order valence-electron chi connectivity index (χ2n) is 6.61. The number of halogens is 1. The Hall–Kier alpha value is -1.54. The molecule has 0 atom stereocenters. The van der Waals surface area contributed by atoms with Crippen LogP contribution in [0.3, 0.4) is 0 Å². The van der Waals surface area contributed by atoms with Crippen LogP contribution in [0.2, 0.25) is 0 Å². The third-order valence-corrected chi connectivity index (χ3v) is 6.35. The molecule has 0 radical (unpaired) electrons. The lowest BCUT2D eigenvalue weighted by Gasteiger charge is -2.16. The van der Waals surface area contributed by atoms with Crippen LogP contribution in [0.15, 0.2) is 34.3 Å². The van der Waals surface area contributed by atoms with Crippen LogP contribution in [0.25, 0.3) is 0 Å². The number of hydrogen-bond donors (Lipinski definition) is 1. The number of thioether (sulfide) groups is 2. The lowest BCUT2D eigenvalue weighted by Crippen LogP contribution is -2.26. The fraction of sp³-hybridized carbons (Fsp3) is 0.526. The van der Waals surface area contributed by atoms with Crippen molar-refractivity contribution in [3.63, 3.8) is 0 Å². The Morgan fingerprint density at radius 1 is 1.26 bits per heavy atom. The van der Waals surface area contributed by atoms with Gasteiger partial charge in [0.15, 0.2) is 5.16 Å². The quantitative estimate of drug-likeness (QED) is 0.500. The molecule has 0 spiro atoms. The van der Waals surface area contributed by atoms with Crippen LogP contribution in [0.4, 0.5) is 4.39 Å². The van der Waals surface area contributed by atoms with Crippen LogP contribution >= 0.6 is 23.5 Å². The minimum absolute atomic E-state index is 0.00797. The number of rotatable bonds is 9. The standard InChI is InChI=1S/C19H25FN4OS2/c1-26-19-23-22-17(24(19)15-5-2-3-6-15)7-4-12-21-18(25)13-27-16-10-8-14(20)9-11-16/h8-11,15H,2-7,12-13H2,1H3,(H,21,25). The summed E-state index contributed by atoms with van der Waals surface area (Å²) in [5, 5.41) is 12.6. The van der Waals surface area contributed by atoms with E-state index < -0.39 is 0 Å². The fourth-order valence-corrected chi connectivity index (χ4v) is 4.65. The summed E-state index contributed by atoms with van der Waals surface area (Å²) in [4.78, 5) is 12.9. The Morgan fingerprint density at radius 3 is 2.70 bits per heavy atom. The molecule has 1 aliphatic carbocycles. The van der Waals surface area contributed by atoms with Gasteiger partial charge < -0.3 is 9.88 Å². The van der Waals surface area contributed by atoms with Gasteiger partial charge in [-0.3, -0.25) is 4.79 Å². The Bertz CT molecular complexity index is 745. The number of nitrogens with one attached hydrogen (secondary N) is 1.